The van der Waals surface area contributed by atoms with Crippen LogP contribution in [0, 0.1) is 0 Å². The van der Waals surface area contributed by atoms with Crippen LogP contribution in [0.4, 0.5) is 0 Å². The van der Waals surface area contributed by atoms with E-state index in [4.69, 9.17) is 5.73 Å². The van der Waals surface area contributed by atoms with Crippen molar-refractivity contribution in [3.05, 3.63) is 30.1 Å². The number of carbonyl (C=O) groups is 1. The summed E-state index contributed by atoms with van der Waals surface area (Å²) in [6.45, 7) is 2.72. The van der Waals surface area contributed by atoms with Crippen LogP contribution in [0.2, 0.25) is 0 Å². The van der Waals surface area contributed by atoms with Crippen molar-refractivity contribution < 1.29 is 4.79 Å². The Kier molecular flexibility index (Phi) is 2.68. The van der Waals surface area contributed by atoms with Crippen molar-refractivity contribution in [1.29, 1.82) is 0 Å². The van der Waals surface area contributed by atoms with E-state index in [0.29, 0.717) is 0 Å². The van der Waals surface area contributed by atoms with Crippen molar-refractivity contribution in [3.63, 3.8) is 0 Å². The van der Waals surface area contributed by atoms with Crippen molar-refractivity contribution in [1.82, 2.24) is 9.88 Å². The summed E-state index contributed by atoms with van der Waals surface area (Å²) in [4.78, 5) is 17.7. The van der Waals surface area contributed by atoms with E-state index in [1.54, 1.807) is 11.1 Å². The molecular formula is C11H15N3O. The number of hydrogen-bond donors (Lipinski definition) is 1. The van der Waals surface area contributed by atoms with Crippen LogP contribution < -0.4 is 5.73 Å². The van der Waals surface area contributed by atoms with Gasteiger partial charge in [-0.05, 0) is 25.5 Å². The van der Waals surface area contributed by atoms with Gasteiger partial charge >= 0.3 is 0 Å². The molecule has 0 bridgehead atoms. The minimum absolute atomic E-state index is 0.0206. The highest BCUT2D eigenvalue weighted by Crippen LogP contribution is 2.23. The maximum absolute atomic E-state index is 11.7. The molecule has 2 N–H and O–H groups in total. The fourth-order valence-electron chi connectivity index (χ4n) is 1.89. The molecule has 2 rings (SSSR count). The Morgan fingerprint density at radius 3 is 2.93 bits per heavy atom. The molecule has 2 atom stereocenters. The van der Waals surface area contributed by atoms with E-state index in [1.165, 1.54) is 0 Å². The standard InChI is InChI=1S/C11H15N3O/c1-8(10-4-2-3-6-13-10)14-7-5-9(12)11(14)15/h2-4,6,8-9H,5,7,12H2,1H3. The van der Waals surface area contributed by atoms with Gasteiger partial charge in [0.1, 0.15) is 0 Å². The maximum Gasteiger partial charge on any atom is 0.240 e. The quantitative estimate of drug-likeness (QED) is 0.773. The van der Waals surface area contributed by atoms with Gasteiger partial charge in [-0.15, -0.1) is 0 Å². The first-order chi connectivity index (χ1) is 7.20. The van der Waals surface area contributed by atoms with Gasteiger partial charge in [-0.2, -0.15) is 0 Å². The number of nitrogens with two attached hydrogens (primary N) is 1. The molecule has 0 aliphatic carbocycles. The fraction of sp³-hybridized carbons (Fsp3) is 0.455. The lowest BCUT2D eigenvalue weighted by atomic mass is 10.2. The molecule has 0 saturated carbocycles. The molecule has 1 aromatic rings. The average molecular weight is 205 g/mol. The van der Waals surface area contributed by atoms with Gasteiger partial charge in [0.15, 0.2) is 0 Å². The number of pyridine rings is 1. The van der Waals surface area contributed by atoms with E-state index < -0.39 is 0 Å². The van der Waals surface area contributed by atoms with Crippen LogP contribution in [0.3, 0.4) is 0 Å². The van der Waals surface area contributed by atoms with Gasteiger partial charge in [0, 0.05) is 12.7 Å². The first kappa shape index (κ1) is 10.1. The van der Waals surface area contributed by atoms with Gasteiger partial charge < -0.3 is 10.6 Å². The molecule has 1 amide bonds. The summed E-state index contributed by atoms with van der Waals surface area (Å²) in [6, 6.07) is 5.43. The lowest BCUT2D eigenvalue weighted by molar-refractivity contribution is -0.130. The van der Waals surface area contributed by atoms with Gasteiger partial charge in [-0.25, -0.2) is 0 Å². The molecule has 0 spiro atoms. The fourth-order valence-corrected chi connectivity index (χ4v) is 1.89. The lowest BCUT2D eigenvalue weighted by Gasteiger charge is -2.23. The number of likely N-dealkylation sites (tertiary alicyclic amines) is 1. The van der Waals surface area contributed by atoms with E-state index in [-0.39, 0.29) is 18.0 Å². The number of carbonyl (C=O) groups excluding carboxylic acids is 1. The Labute approximate surface area is 89.1 Å². The van der Waals surface area contributed by atoms with E-state index in [1.807, 2.05) is 25.1 Å². The average Bonchev–Trinajstić information content (AvgIpc) is 2.60. The highest BCUT2D eigenvalue weighted by molar-refractivity contribution is 5.84. The summed E-state index contributed by atoms with van der Waals surface area (Å²) in [5.74, 6) is 0.0353. The van der Waals surface area contributed by atoms with Crippen LogP contribution in [0.5, 0.6) is 0 Å². The molecule has 1 fully saturated rings. The molecule has 4 nitrogen and oxygen atoms in total. The molecule has 15 heavy (non-hydrogen) atoms. The molecule has 1 aliphatic heterocycles. The number of amides is 1. The molecule has 0 aromatic carbocycles. The first-order valence-corrected chi connectivity index (χ1v) is 5.17. The summed E-state index contributed by atoms with van der Waals surface area (Å²) >= 11 is 0. The van der Waals surface area contributed by atoms with Crippen LogP contribution in [0.25, 0.3) is 0 Å². The van der Waals surface area contributed by atoms with Gasteiger partial charge in [-0.3, -0.25) is 9.78 Å². The highest BCUT2D eigenvalue weighted by atomic mass is 16.2. The lowest BCUT2D eigenvalue weighted by Crippen LogP contribution is -2.35. The van der Waals surface area contributed by atoms with E-state index >= 15 is 0 Å². The third kappa shape index (κ3) is 1.85. The molecule has 0 radical (unpaired) electrons. The summed E-state index contributed by atoms with van der Waals surface area (Å²) < 4.78 is 0. The third-order valence-electron chi connectivity index (χ3n) is 2.86. The second kappa shape index (κ2) is 3.98. The molecule has 4 heteroatoms. The van der Waals surface area contributed by atoms with Crippen LogP contribution in [0.1, 0.15) is 25.1 Å². The molecule has 2 unspecified atom stereocenters. The number of nitrogens with zero attached hydrogens (tertiary/aromatic N) is 2. The smallest absolute Gasteiger partial charge is 0.240 e. The number of rotatable bonds is 2. The van der Waals surface area contributed by atoms with Crippen LogP contribution in [0.15, 0.2) is 24.4 Å². The van der Waals surface area contributed by atoms with Crippen molar-refractivity contribution in [2.45, 2.75) is 25.4 Å². The molecule has 2 heterocycles. The van der Waals surface area contributed by atoms with Crippen molar-refractivity contribution in [3.8, 4) is 0 Å². The van der Waals surface area contributed by atoms with Gasteiger partial charge in [0.2, 0.25) is 5.91 Å². The number of hydrogen-bond acceptors (Lipinski definition) is 3. The second-order valence-electron chi connectivity index (χ2n) is 3.86. The van der Waals surface area contributed by atoms with Crippen molar-refractivity contribution in [2.75, 3.05) is 6.54 Å². The first-order valence-electron chi connectivity index (χ1n) is 5.17. The van der Waals surface area contributed by atoms with E-state index in [9.17, 15) is 4.79 Å². The predicted molar refractivity (Wildman–Crippen MR) is 57.0 cm³/mol. The van der Waals surface area contributed by atoms with E-state index in [0.717, 1.165) is 18.7 Å². The normalized spacial score (nSPS) is 23.2. The van der Waals surface area contributed by atoms with Gasteiger partial charge in [-0.1, -0.05) is 6.07 Å². The highest BCUT2D eigenvalue weighted by Gasteiger charge is 2.32. The Morgan fingerprint density at radius 2 is 2.40 bits per heavy atom. The largest absolute Gasteiger partial charge is 0.333 e. The van der Waals surface area contributed by atoms with Crippen LogP contribution in [-0.2, 0) is 4.79 Å². The van der Waals surface area contributed by atoms with Gasteiger partial charge in [0.25, 0.3) is 0 Å². The van der Waals surface area contributed by atoms with Crippen molar-refractivity contribution >= 4 is 5.91 Å². The van der Waals surface area contributed by atoms with E-state index in [2.05, 4.69) is 4.98 Å². The zero-order valence-corrected chi connectivity index (χ0v) is 8.76. The van der Waals surface area contributed by atoms with Crippen LogP contribution >= 0.6 is 0 Å². The topological polar surface area (TPSA) is 59.2 Å². The molecule has 1 aliphatic rings. The zero-order chi connectivity index (χ0) is 10.8. The minimum atomic E-state index is -0.323. The Morgan fingerprint density at radius 1 is 1.60 bits per heavy atom. The third-order valence-corrected chi connectivity index (χ3v) is 2.86. The number of aromatic nitrogens is 1. The molecule has 1 saturated heterocycles. The summed E-state index contributed by atoms with van der Waals surface area (Å²) in [5.41, 5.74) is 6.59. The summed E-state index contributed by atoms with van der Waals surface area (Å²) in [6.07, 6.45) is 2.49. The minimum Gasteiger partial charge on any atom is -0.333 e. The maximum atomic E-state index is 11.7. The molecule has 1 aromatic heterocycles. The molecule has 80 valence electrons. The predicted octanol–water partition coefficient (Wildman–Crippen LogP) is 0.702. The Hall–Kier alpha value is -1.42. The second-order valence-corrected chi connectivity index (χ2v) is 3.86. The zero-order valence-electron chi connectivity index (χ0n) is 8.76. The summed E-state index contributed by atoms with van der Waals surface area (Å²) in [7, 11) is 0. The SMILES string of the molecule is CC(c1ccccn1)N1CCC(N)C1=O. The monoisotopic (exact) mass is 205 g/mol. The summed E-state index contributed by atoms with van der Waals surface area (Å²) in [5, 5.41) is 0. The van der Waals surface area contributed by atoms with Crippen LogP contribution in [-0.4, -0.2) is 28.4 Å². The van der Waals surface area contributed by atoms with Crippen molar-refractivity contribution in [2.24, 2.45) is 5.73 Å². The Balaban J connectivity index is 2.16. The molecular weight excluding hydrogens is 190 g/mol. The van der Waals surface area contributed by atoms with Gasteiger partial charge in [0.05, 0.1) is 17.8 Å². The Bertz CT molecular complexity index is 352.